The van der Waals surface area contributed by atoms with E-state index in [-0.39, 0.29) is 28.9 Å². The van der Waals surface area contributed by atoms with Gasteiger partial charge in [-0.05, 0) is 48.7 Å². The zero-order valence-corrected chi connectivity index (χ0v) is 21.8. The first-order valence-electron chi connectivity index (χ1n) is 11.2. The molecule has 0 radical (unpaired) electrons. The molecule has 0 saturated heterocycles. The highest BCUT2D eigenvalue weighted by Gasteiger charge is 2.22. The monoisotopic (exact) mass is 561 g/mol. The SMILES string of the molecule is COC(=O)COc1c(Cl)cc(C=Nn2c(C3CCCCC3)nc3ccc(Br)cc3c2=O)cc1OC. The highest BCUT2D eigenvalue weighted by Crippen LogP contribution is 2.36. The maximum Gasteiger partial charge on any atom is 0.343 e. The normalized spacial score (nSPS) is 14.4. The molecule has 0 unspecified atom stereocenters. The van der Waals surface area contributed by atoms with Gasteiger partial charge < -0.3 is 14.2 Å². The fourth-order valence-corrected chi connectivity index (χ4v) is 4.81. The van der Waals surface area contributed by atoms with Gasteiger partial charge in [-0.3, -0.25) is 4.79 Å². The number of carbonyl (C=O) groups is 1. The second kappa shape index (κ2) is 11.2. The summed E-state index contributed by atoms with van der Waals surface area (Å²) < 4.78 is 17.6. The maximum atomic E-state index is 13.5. The number of ether oxygens (including phenoxy) is 3. The van der Waals surface area contributed by atoms with Crippen LogP contribution in [-0.4, -0.2) is 42.7 Å². The Labute approximate surface area is 216 Å². The Hall–Kier alpha value is -2.91. The van der Waals surface area contributed by atoms with Crippen LogP contribution in [0.15, 0.2) is 44.7 Å². The third-order valence-electron chi connectivity index (χ3n) is 5.94. The minimum atomic E-state index is -0.543. The number of benzene rings is 2. The Balaban J connectivity index is 1.75. The van der Waals surface area contributed by atoms with Gasteiger partial charge in [0.15, 0.2) is 18.1 Å². The van der Waals surface area contributed by atoms with Crippen molar-refractivity contribution < 1.29 is 19.0 Å². The fraction of sp³-hybridized carbons (Fsp3) is 0.360. The van der Waals surface area contributed by atoms with Gasteiger partial charge in [0.25, 0.3) is 5.56 Å². The molecule has 3 aromatic rings. The number of carbonyl (C=O) groups excluding carboxylic acids is 1. The first-order chi connectivity index (χ1) is 16.9. The Morgan fingerprint density at radius 2 is 2.00 bits per heavy atom. The summed E-state index contributed by atoms with van der Waals surface area (Å²) in [5, 5.41) is 5.25. The van der Waals surface area contributed by atoms with E-state index in [4.69, 9.17) is 26.1 Å². The molecule has 0 aliphatic heterocycles. The number of esters is 1. The zero-order valence-electron chi connectivity index (χ0n) is 19.4. The average molecular weight is 563 g/mol. The summed E-state index contributed by atoms with van der Waals surface area (Å²) in [6, 6.07) is 8.77. The second-order valence-electron chi connectivity index (χ2n) is 8.23. The molecular formula is C25H25BrClN3O5. The first-order valence-corrected chi connectivity index (χ1v) is 12.4. The smallest absolute Gasteiger partial charge is 0.343 e. The van der Waals surface area contributed by atoms with Gasteiger partial charge in [-0.25, -0.2) is 9.78 Å². The van der Waals surface area contributed by atoms with Gasteiger partial charge in [0.1, 0.15) is 5.82 Å². The number of fused-ring (bicyclic) bond motifs is 1. The van der Waals surface area contributed by atoms with Crippen LogP contribution in [0.1, 0.15) is 49.4 Å². The number of hydrogen-bond donors (Lipinski definition) is 0. The van der Waals surface area contributed by atoms with Crippen molar-refractivity contribution in [2.75, 3.05) is 20.8 Å². The molecule has 10 heteroatoms. The summed E-state index contributed by atoms with van der Waals surface area (Å²) in [7, 11) is 2.74. The highest BCUT2D eigenvalue weighted by molar-refractivity contribution is 9.10. The third-order valence-corrected chi connectivity index (χ3v) is 6.71. The molecule has 35 heavy (non-hydrogen) atoms. The minimum absolute atomic E-state index is 0.161. The molecule has 1 heterocycles. The highest BCUT2D eigenvalue weighted by atomic mass is 79.9. The third kappa shape index (κ3) is 5.67. The van der Waals surface area contributed by atoms with Crippen molar-refractivity contribution in [1.82, 2.24) is 9.66 Å². The van der Waals surface area contributed by atoms with Gasteiger partial charge >= 0.3 is 5.97 Å². The molecule has 0 atom stereocenters. The fourth-order valence-electron chi connectivity index (χ4n) is 4.17. The minimum Gasteiger partial charge on any atom is -0.493 e. The molecule has 184 valence electrons. The molecule has 0 amide bonds. The molecule has 1 aliphatic carbocycles. The van der Waals surface area contributed by atoms with Crippen LogP contribution in [0.3, 0.4) is 0 Å². The van der Waals surface area contributed by atoms with Gasteiger partial charge in [0.05, 0.1) is 36.4 Å². The molecule has 2 aromatic carbocycles. The van der Waals surface area contributed by atoms with E-state index >= 15 is 0 Å². The number of hydrogen-bond acceptors (Lipinski definition) is 7. The van der Waals surface area contributed by atoms with Crippen LogP contribution in [0.25, 0.3) is 10.9 Å². The van der Waals surface area contributed by atoms with E-state index < -0.39 is 5.97 Å². The van der Waals surface area contributed by atoms with Crippen LogP contribution in [0.5, 0.6) is 11.5 Å². The zero-order chi connectivity index (χ0) is 24.9. The lowest BCUT2D eigenvalue weighted by Gasteiger charge is -2.22. The number of rotatable bonds is 7. The summed E-state index contributed by atoms with van der Waals surface area (Å²) >= 11 is 9.83. The molecular weight excluding hydrogens is 538 g/mol. The molecule has 0 bridgehead atoms. The van der Waals surface area contributed by atoms with E-state index in [2.05, 4.69) is 25.8 Å². The van der Waals surface area contributed by atoms with Gasteiger partial charge in [-0.2, -0.15) is 9.78 Å². The number of methoxy groups -OCH3 is 2. The van der Waals surface area contributed by atoms with Crippen molar-refractivity contribution in [1.29, 1.82) is 0 Å². The molecule has 0 spiro atoms. The van der Waals surface area contributed by atoms with E-state index in [1.54, 1.807) is 18.2 Å². The van der Waals surface area contributed by atoms with Crippen molar-refractivity contribution in [2.24, 2.45) is 5.10 Å². The van der Waals surface area contributed by atoms with Crippen LogP contribution in [0.2, 0.25) is 5.02 Å². The molecule has 0 N–H and O–H groups in total. The van der Waals surface area contributed by atoms with Crippen LogP contribution >= 0.6 is 27.5 Å². The van der Waals surface area contributed by atoms with Crippen LogP contribution in [-0.2, 0) is 9.53 Å². The lowest BCUT2D eigenvalue weighted by molar-refractivity contribution is -0.142. The predicted octanol–water partition coefficient (Wildman–Crippen LogP) is 5.30. The van der Waals surface area contributed by atoms with Crippen molar-refractivity contribution in [3.05, 3.63) is 61.6 Å². The maximum absolute atomic E-state index is 13.5. The van der Waals surface area contributed by atoms with Gasteiger partial charge in [-0.15, -0.1) is 0 Å². The Kier molecular flexibility index (Phi) is 8.07. The van der Waals surface area contributed by atoms with E-state index in [9.17, 15) is 9.59 Å². The quantitative estimate of drug-likeness (QED) is 0.287. The second-order valence-corrected chi connectivity index (χ2v) is 9.55. The lowest BCUT2D eigenvalue weighted by atomic mass is 9.88. The molecule has 1 aliphatic rings. The molecule has 1 aromatic heterocycles. The summed E-state index contributed by atoms with van der Waals surface area (Å²) in [6.45, 7) is -0.307. The van der Waals surface area contributed by atoms with Gasteiger partial charge in [0, 0.05) is 10.4 Å². The van der Waals surface area contributed by atoms with Crippen LogP contribution < -0.4 is 15.0 Å². The van der Waals surface area contributed by atoms with E-state index in [1.165, 1.54) is 31.5 Å². The molecule has 4 rings (SSSR count). The standard InChI is InChI=1S/C25H25BrClN3O5/c1-33-21-11-15(10-19(27)23(21)35-14-22(31)34-2)13-28-30-24(16-6-4-3-5-7-16)29-20-9-8-17(26)12-18(20)25(30)32/h8-13,16H,3-7,14H2,1-2H3. The van der Waals surface area contributed by atoms with E-state index in [0.717, 1.165) is 30.2 Å². The summed E-state index contributed by atoms with van der Waals surface area (Å²) in [5.74, 6) is 0.821. The summed E-state index contributed by atoms with van der Waals surface area (Å²) in [4.78, 5) is 29.7. The van der Waals surface area contributed by atoms with Crippen molar-refractivity contribution in [2.45, 2.75) is 38.0 Å². The first kappa shape index (κ1) is 25.2. The van der Waals surface area contributed by atoms with Gasteiger partial charge in [-0.1, -0.05) is 46.8 Å². The molecule has 8 nitrogen and oxygen atoms in total. The van der Waals surface area contributed by atoms with Crippen molar-refractivity contribution >= 4 is 50.6 Å². The number of halogens is 2. The van der Waals surface area contributed by atoms with Crippen molar-refractivity contribution in [3.63, 3.8) is 0 Å². The molecule has 1 fully saturated rings. The van der Waals surface area contributed by atoms with Crippen LogP contribution in [0, 0.1) is 0 Å². The summed E-state index contributed by atoms with van der Waals surface area (Å²) in [5.41, 5.74) is 1.01. The lowest BCUT2D eigenvalue weighted by Crippen LogP contribution is -2.25. The van der Waals surface area contributed by atoms with Gasteiger partial charge in [0.2, 0.25) is 0 Å². The largest absolute Gasteiger partial charge is 0.493 e. The topological polar surface area (TPSA) is 92.0 Å². The van der Waals surface area contributed by atoms with Crippen molar-refractivity contribution in [3.8, 4) is 11.5 Å². The number of aromatic nitrogens is 2. The Bertz CT molecular complexity index is 1330. The average Bonchev–Trinajstić information content (AvgIpc) is 2.87. The van der Waals surface area contributed by atoms with E-state index in [1.807, 2.05) is 12.1 Å². The van der Waals surface area contributed by atoms with Crippen LogP contribution in [0.4, 0.5) is 0 Å². The Morgan fingerprint density at radius 1 is 1.23 bits per heavy atom. The van der Waals surface area contributed by atoms with E-state index in [0.29, 0.717) is 28.0 Å². The Morgan fingerprint density at radius 3 is 2.71 bits per heavy atom. The molecule has 1 saturated carbocycles. The predicted molar refractivity (Wildman–Crippen MR) is 138 cm³/mol. The summed E-state index contributed by atoms with van der Waals surface area (Å²) in [6.07, 6.45) is 6.86. The number of nitrogens with zero attached hydrogens (tertiary/aromatic N) is 3.